The first kappa shape index (κ1) is 20.8. The van der Waals surface area contributed by atoms with E-state index in [1.165, 1.54) is 16.8 Å². The molecule has 1 N–H and O–H groups in total. The fraction of sp³-hybridized carbons (Fsp3) is 0.350. The number of nitrogens with zero attached hydrogens (tertiary/aromatic N) is 5. The van der Waals surface area contributed by atoms with Crippen LogP contribution in [0.15, 0.2) is 38.3 Å². The third kappa shape index (κ3) is 4.06. The van der Waals surface area contributed by atoms with Crippen LogP contribution in [0, 0.1) is 5.41 Å². The zero-order chi connectivity index (χ0) is 21.4. The molecule has 0 aromatic heterocycles. The minimum atomic E-state index is -0.478. The van der Waals surface area contributed by atoms with E-state index in [1.807, 2.05) is 42.1 Å². The summed E-state index contributed by atoms with van der Waals surface area (Å²) in [5, 5.41) is 15.1. The second-order valence-corrected chi connectivity index (χ2v) is 9.28. The highest BCUT2D eigenvalue weighted by molar-refractivity contribution is 9.10. The van der Waals surface area contributed by atoms with Crippen LogP contribution in [-0.4, -0.2) is 65.0 Å². The maximum atomic E-state index is 12.6. The van der Waals surface area contributed by atoms with Crippen molar-refractivity contribution in [3.63, 3.8) is 0 Å². The monoisotopic (exact) mass is 488 g/mol. The Bertz CT molecular complexity index is 1030. The summed E-state index contributed by atoms with van der Waals surface area (Å²) in [4.78, 5) is 32.9. The van der Waals surface area contributed by atoms with Crippen LogP contribution in [0.25, 0.3) is 6.08 Å². The number of rotatable bonds is 4. The molecule has 1 aromatic rings. The molecule has 0 bridgehead atoms. The molecular formula is C20H21BrN6O2S. The summed E-state index contributed by atoms with van der Waals surface area (Å²) < 4.78 is 0.887. The van der Waals surface area contributed by atoms with Gasteiger partial charge in [0.1, 0.15) is 5.04 Å². The number of anilines is 1. The average Bonchev–Trinajstić information content (AvgIpc) is 3.35. The predicted octanol–water partition coefficient (Wildman–Crippen LogP) is 3.15. The molecule has 10 heteroatoms. The lowest BCUT2D eigenvalue weighted by atomic mass is 10.1. The molecule has 0 spiro atoms. The summed E-state index contributed by atoms with van der Waals surface area (Å²) in [6.07, 6.45) is 3.87. The zero-order valence-electron chi connectivity index (χ0n) is 16.7. The molecule has 0 radical (unpaired) electrons. The van der Waals surface area contributed by atoms with E-state index in [0.29, 0.717) is 10.2 Å². The van der Waals surface area contributed by atoms with Crippen LogP contribution in [0.4, 0.5) is 5.69 Å². The number of benzene rings is 1. The quantitative estimate of drug-likeness (QED) is 0.657. The number of amidine groups is 2. The molecule has 2 amide bonds. The molecule has 1 fully saturated rings. The summed E-state index contributed by atoms with van der Waals surface area (Å²) >= 11 is 4.72. The van der Waals surface area contributed by atoms with Gasteiger partial charge in [0.25, 0.3) is 5.91 Å². The number of amides is 2. The van der Waals surface area contributed by atoms with Crippen LogP contribution in [-0.2, 0) is 9.59 Å². The second kappa shape index (κ2) is 8.35. The van der Waals surface area contributed by atoms with Gasteiger partial charge < -0.3 is 9.80 Å². The Labute approximate surface area is 187 Å². The van der Waals surface area contributed by atoms with Crippen molar-refractivity contribution >= 4 is 67.3 Å². The first-order valence-electron chi connectivity index (χ1n) is 9.57. The minimum Gasteiger partial charge on any atom is -0.377 e. The lowest BCUT2D eigenvalue weighted by Gasteiger charge is -2.20. The molecule has 3 aliphatic rings. The highest BCUT2D eigenvalue weighted by Crippen LogP contribution is 2.31. The van der Waals surface area contributed by atoms with E-state index >= 15 is 0 Å². The van der Waals surface area contributed by atoms with Gasteiger partial charge in [0.2, 0.25) is 11.1 Å². The Kier molecular flexibility index (Phi) is 5.79. The molecule has 1 aromatic carbocycles. The van der Waals surface area contributed by atoms with E-state index in [2.05, 4.69) is 26.0 Å². The van der Waals surface area contributed by atoms with E-state index in [0.717, 1.165) is 41.7 Å². The van der Waals surface area contributed by atoms with Crippen molar-refractivity contribution in [3.8, 4) is 0 Å². The van der Waals surface area contributed by atoms with E-state index < -0.39 is 5.91 Å². The Balaban J connectivity index is 1.55. The van der Waals surface area contributed by atoms with Crippen molar-refractivity contribution in [2.24, 2.45) is 10.1 Å². The zero-order valence-corrected chi connectivity index (χ0v) is 19.1. The maximum absolute atomic E-state index is 12.6. The van der Waals surface area contributed by atoms with Crippen molar-refractivity contribution in [2.75, 3.05) is 32.1 Å². The van der Waals surface area contributed by atoms with Crippen LogP contribution in [0.5, 0.6) is 0 Å². The Morgan fingerprint density at radius 1 is 1.33 bits per heavy atom. The number of halogens is 1. The molecule has 8 nitrogen and oxygen atoms in total. The number of thioether (sulfide) groups is 1. The fourth-order valence-corrected chi connectivity index (χ4v) is 5.08. The van der Waals surface area contributed by atoms with Crippen molar-refractivity contribution in [1.82, 2.24) is 9.91 Å². The van der Waals surface area contributed by atoms with Crippen molar-refractivity contribution in [1.29, 1.82) is 5.41 Å². The summed E-state index contributed by atoms with van der Waals surface area (Å²) in [6, 6.07) is 5.72. The Morgan fingerprint density at radius 2 is 2.07 bits per heavy atom. The summed E-state index contributed by atoms with van der Waals surface area (Å²) in [6.45, 7) is 1.57. The number of hydrazone groups is 1. The number of fused-ring (bicyclic) bond motifs is 1. The number of carbonyl (C=O) groups is 2. The van der Waals surface area contributed by atoms with Gasteiger partial charge >= 0.3 is 0 Å². The molecular weight excluding hydrogens is 468 g/mol. The van der Waals surface area contributed by atoms with Gasteiger partial charge in [-0.2, -0.15) is 15.1 Å². The van der Waals surface area contributed by atoms with Crippen LogP contribution in [0.2, 0.25) is 0 Å². The lowest BCUT2D eigenvalue weighted by molar-refractivity contribution is -0.128. The number of hydrogen-bond acceptors (Lipinski definition) is 6. The first-order chi connectivity index (χ1) is 14.3. The Hall–Kier alpha value is -2.46. The highest BCUT2D eigenvalue weighted by atomic mass is 79.9. The van der Waals surface area contributed by atoms with Gasteiger partial charge in [0, 0.05) is 31.7 Å². The van der Waals surface area contributed by atoms with Gasteiger partial charge in [-0.25, -0.2) is 0 Å². The Morgan fingerprint density at radius 3 is 2.73 bits per heavy atom. The van der Waals surface area contributed by atoms with Gasteiger partial charge in [-0.05, 0) is 64.3 Å². The van der Waals surface area contributed by atoms with Crippen molar-refractivity contribution in [2.45, 2.75) is 19.3 Å². The van der Waals surface area contributed by atoms with E-state index in [4.69, 9.17) is 5.41 Å². The minimum absolute atomic E-state index is 0.0265. The largest absolute Gasteiger partial charge is 0.377 e. The third-order valence-electron chi connectivity index (χ3n) is 5.02. The number of nitrogens with one attached hydrogen (secondary N) is 1. The summed E-state index contributed by atoms with van der Waals surface area (Å²) in [5.41, 5.74) is 1.95. The number of aliphatic imine (C=N–C) groups is 1. The fourth-order valence-electron chi connectivity index (χ4n) is 3.45. The normalized spacial score (nSPS) is 19.9. The van der Waals surface area contributed by atoms with Gasteiger partial charge in [0.15, 0.2) is 5.84 Å². The maximum Gasteiger partial charge on any atom is 0.283 e. The van der Waals surface area contributed by atoms with Crippen molar-refractivity contribution in [3.05, 3.63) is 33.8 Å². The lowest BCUT2D eigenvalue weighted by Crippen LogP contribution is -2.35. The molecule has 30 heavy (non-hydrogen) atoms. The predicted molar refractivity (Wildman–Crippen MR) is 124 cm³/mol. The van der Waals surface area contributed by atoms with Gasteiger partial charge in [-0.15, -0.1) is 0 Å². The second-order valence-electron chi connectivity index (χ2n) is 7.38. The molecule has 156 valence electrons. The third-order valence-corrected chi connectivity index (χ3v) is 6.57. The number of carbonyl (C=O) groups excluding carboxylic acids is 2. The van der Waals surface area contributed by atoms with Crippen LogP contribution < -0.4 is 4.90 Å². The molecule has 3 aliphatic heterocycles. The standard InChI is InChI=1S/C20H21BrN6O2S/c1-25(2)15-6-5-12(10-14(15)21)9-13-18(22)27-20(23-19(13)29)30-16(24-27)11-17(28)26-7-3-4-8-26/h5-6,9-10,22H,3-4,7-8,11H2,1-2H3/b13-9-,22-18?. The van der Waals surface area contributed by atoms with E-state index in [1.54, 1.807) is 6.08 Å². The first-order valence-corrected chi connectivity index (χ1v) is 11.2. The van der Waals surface area contributed by atoms with E-state index in [-0.39, 0.29) is 23.7 Å². The van der Waals surface area contributed by atoms with Gasteiger partial charge in [-0.1, -0.05) is 6.07 Å². The number of likely N-dealkylation sites (tertiary alicyclic amines) is 1. The molecule has 0 aliphatic carbocycles. The van der Waals surface area contributed by atoms with Crippen LogP contribution in [0.3, 0.4) is 0 Å². The SMILES string of the molecule is CN(C)c1ccc(/C=C2/C(=N)N3N=C(CC(=O)N4CCCC4)SC3=NC2=O)cc1Br. The molecule has 4 rings (SSSR count). The molecule has 0 unspecified atom stereocenters. The average molecular weight is 489 g/mol. The van der Waals surface area contributed by atoms with Gasteiger partial charge in [-0.3, -0.25) is 15.0 Å². The molecule has 0 atom stereocenters. The summed E-state index contributed by atoms with van der Waals surface area (Å²) in [5.74, 6) is -0.485. The van der Waals surface area contributed by atoms with Crippen LogP contribution in [0.1, 0.15) is 24.8 Å². The van der Waals surface area contributed by atoms with Gasteiger partial charge in [0.05, 0.1) is 17.7 Å². The number of hydrogen-bond donors (Lipinski definition) is 1. The molecule has 0 saturated carbocycles. The molecule has 3 heterocycles. The summed E-state index contributed by atoms with van der Waals surface area (Å²) in [7, 11) is 3.90. The van der Waals surface area contributed by atoms with E-state index in [9.17, 15) is 9.59 Å². The highest BCUT2D eigenvalue weighted by Gasteiger charge is 2.36. The molecule has 1 saturated heterocycles. The topological polar surface area (TPSA) is 92.4 Å². The van der Waals surface area contributed by atoms with Crippen molar-refractivity contribution < 1.29 is 9.59 Å². The smallest absolute Gasteiger partial charge is 0.283 e. The van der Waals surface area contributed by atoms with Crippen LogP contribution >= 0.6 is 27.7 Å².